The molecule has 3 nitrogen and oxygen atoms in total. The Morgan fingerprint density at radius 3 is 2.62 bits per heavy atom. The Kier molecular flexibility index (Phi) is 5.62. The molecule has 0 radical (unpaired) electrons. The molecule has 0 saturated heterocycles. The minimum Gasteiger partial charge on any atom is -0.389 e. The number of amides is 1. The molecule has 1 amide bonds. The van der Waals surface area contributed by atoms with Crippen LogP contribution in [-0.4, -0.2) is 34.7 Å². The second-order valence-electron chi connectivity index (χ2n) is 4.81. The average molecular weight is 245 g/mol. The van der Waals surface area contributed by atoms with Gasteiger partial charge in [-0.2, -0.15) is 11.8 Å². The van der Waals surface area contributed by atoms with E-state index >= 15 is 0 Å². The number of hydrogen-bond donors (Lipinski definition) is 2. The number of thioether (sulfide) groups is 1. The molecule has 4 heteroatoms. The molecule has 1 fully saturated rings. The van der Waals surface area contributed by atoms with Crippen molar-refractivity contribution in [1.29, 1.82) is 0 Å². The van der Waals surface area contributed by atoms with Crippen molar-refractivity contribution in [1.82, 2.24) is 5.32 Å². The monoisotopic (exact) mass is 245 g/mol. The molecular weight excluding hydrogens is 222 g/mol. The van der Waals surface area contributed by atoms with E-state index in [0.717, 1.165) is 25.7 Å². The fourth-order valence-electron chi connectivity index (χ4n) is 2.09. The SMILES string of the molecule is CS[C@@H](C)CNC(=O)CC1(O)CCCCC1. The molecule has 0 heterocycles. The van der Waals surface area contributed by atoms with Gasteiger partial charge in [0.25, 0.3) is 0 Å². The molecule has 1 aliphatic carbocycles. The number of aliphatic hydroxyl groups is 1. The number of carbonyl (C=O) groups excluding carboxylic acids is 1. The summed E-state index contributed by atoms with van der Waals surface area (Å²) in [6.07, 6.45) is 7.14. The maximum absolute atomic E-state index is 11.7. The lowest BCUT2D eigenvalue weighted by Gasteiger charge is -2.31. The summed E-state index contributed by atoms with van der Waals surface area (Å²) in [5.74, 6) is -0.00898. The highest BCUT2D eigenvalue weighted by atomic mass is 32.2. The molecule has 1 saturated carbocycles. The molecule has 0 aromatic rings. The minimum atomic E-state index is -0.731. The maximum Gasteiger partial charge on any atom is 0.222 e. The van der Waals surface area contributed by atoms with Crippen LogP contribution >= 0.6 is 11.8 Å². The van der Waals surface area contributed by atoms with Crippen molar-refractivity contribution >= 4 is 17.7 Å². The zero-order chi connectivity index (χ0) is 12.0. The number of nitrogens with one attached hydrogen (secondary N) is 1. The van der Waals surface area contributed by atoms with Gasteiger partial charge in [-0.15, -0.1) is 0 Å². The minimum absolute atomic E-state index is 0.00898. The molecule has 1 atom stereocenters. The maximum atomic E-state index is 11.7. The fourth-order valence-corrected chi connectivity index (χ4v) is 2.34. The van der Waals surface area contributed by atoms with Crippen molar-refractivity contribution in [2.45, 2.75) is 56.3 Å². The molecule has 0 unspecified atom stereocenters. The summed E-state index contributed by atoms with van der Waals surface area (Å²) in [5, 5.41) is 13.5. The third-order valence-electron chi connectivity index (χ3n) is 3.26. The zero-order valence-electron chi connectivity index (χ0n) is 10.3. The Balaban J connectivity index is 2.27. The highest BCUT2D eigenvalue weighted by molar-refractivity contribution is 7.99. The van der Waals surface area contributed by atoms with Gasteiger partial charge < -0.3 is 10.4 Å². The van der Waals surface area contributed by atoms with Crippen LogP contribution in [0.15, 0.2) is 0 Å². The number of carbonyl (C=O) groups is 1. The molecule has 0 bridgehead atoms. The number of rotatable bonds is 5. The summed E-state index contributed by atoms with van der Waals surface area (Å²) >= 11 is 1.73. The lowest BCUT2D eigenvalue weighted by molar-refractivity contribution is -0.127. The van der Waals surface area contributed by atoms with E-state index < -0.39 is 5.60 Å². The van der Waals surface area contributed by atoms with Crippen LogP contribution in [0.5, 0.6) is 0 Å². The third-order valence-corrected chi connectivity index (χ3v) is 4.23. The molecule has 1 aliphatic rings. The molecule has 0 aromatic carbocycles. The largest absolute Gasteiger partial charge is 0.389 e. The summed E-state index contributed by atoms with van der Waals surface area (Å²) in [7, 11) is 0. The quantitative estimate of drug-likeness (QED) is 0.778. The van der Waals surface area contributed by atoms with Crippen LogP contribution in [0.25, 0.3) is 0 Å². The van der Waals surface area contributed by atoms with Crippen LogP contribution in [0.4, 0.5) is 0 Å². The van der Waals surface area contributed by atoms with Crippen molar-refractivity contribution in [3.63, 3.8) is 0 Å². The molecule has 2 N–H and O–H groups in total. The van der Waals surface area contributed by atoms with E-state index in [2.05, 4.69) is 12.2 Å². The van der Waals surface area contributed by atoms with Crippen LogP contribution in [0.1, 0.15) is 45.4 Å². The Labute approximate surface area is 102 Å². The van der Waals surface area contributed by atoms with Crippen LogP contribution in [0.2, 0.25) is 0 Å². The first-order valence-corrected chi connectivity index (χ1v) is 7.36. The van der Waals surface area contributed by atoms with E-state index in [1.54, 1.807) is 11.8 Å². The van der Waals surface area contributed by atoms with Crippen LogP contribution < -0.4 is 5.32 Å². The first-order chi connectivity index (χ1) is 7.56. The van der Waals surface area contributed by atoms with Crippen LogP contribution in [0, 0.1) is 0 Å². The van der Waals surface area contributed by atoms with Crippen molar-refractivity contribution in [2.24, 2.45) is 0 Å². The summed E-state index contributed by atoms with van der Waals surface area (Å²) in [4.78, 5) is 11.7. The van der Waals surface area contributed by atoms with Gasteiger partial charge in [0.15, 0.2) is 0 Å². The van der Waals surface area contributed by atoms with Crippen molar-refractivity contribution in [3.8, 4) is 0 Å². The van der Waals surface area contributed by atoms with Gasteiger partial charge in [0, 0.05) is 11.8 Å². The zero-order valence-corrected chi connectivity index (χ0v) is 11.1. The van der Waals surface area contributed by atoms with Crippen LogP contribution in [0.3, 0.4) is 0 Å². The fraction of sp³-hybridized carbons (Fsp3) is 0.917. The van der Waals surface area contributed by atoms with Gasteiger partial charge in [0.2, 0.25) is 5.91 Å². The van der Waals surface area contributed by atoms with Gasteiger partial charge in [0.1, 0.15) is 0 Å². The molecular formula is C12H23NO2S. The second-order valence-corrected chi connectivity index (χ2v) is 6.09. The highest BCUT2D eigenvalue weighted by Gasteiger charge is 2.31. The Bertz CT molecular complexity index is 227. The van der Waals surface area contributed by atoms with Gasteiger partial charge in [-0.1, -0.05) is 26.2 Å². The van der Waals surface area contributed by atoms with Crippen molar-refractivity contribution < 1.29 is 9.90 Å². The van der Waals surface area contributed by atoms with Gasteiger partial charge in [0.05, 0.1) is 12.0 Å². The van der Waals surface area contributed by atoms with Gasteiger partial charge in [-0.3, -0.25) is 4.79 Å². The van der Waals surface area contributed by atoms with E-state index in [9.17, 15) is 9.90 Å². The number of hydrogen-bond acceptors (Lipinski definition) is 3. The van der Waals surface area contributed by atoms with Gasteiger partial charge in [-0.25, -0.2) is 0 Å². The van der Waals surface area contributed by atoms with E-state index in [1.807, 2.05) is 6.26 Å². The van der Waals surface area contributed by atoms with Gasteiger partial charge in [-0.05, 0) is 19.1 Å². The standard InChI is InChI=1S/C12H23NO2S/c1-10(16-2)9-13-11(14)8-12(15)6-4-3-5-7-12/h10,15H,3-9H2,1-2H3,(H,13,14)/t10-/m0/s1. The van der Waals surface area contributed by atoms with Crippen molar-refractivity contribution in [3.05, 3.63) is 0 Å². The second kappa shape index (κ2) is 6.50. The predicted molar refractivity (Wildman–Crippen MR) is 68.6 cm³/mol. The molecule has 0 aromatic heterocycles. The topological polar surface area (TPSA) is 49.3 Å². The average Bonchev–Trinajstić information content (AvgIpc) is 2.26. The Morgan fingerprint density at radius 2 is 2.06 bits per heavy atom. The van der Waals surface area contributed by atoms with E-state index in [1.165, 1.54) is 6.42 Å². The van der Waals surface area contributed by atoms with Crippen molar-refractivity contribution in [2.75, 3.05) is 12.8 Å². The molecule has 1 rings (SSSR count). The smallest absolute Gasteiger partial charge is 0.222 e. The molecule has 0 aliphatic heterocycles. The lowest BCUT2D eigenvalue weighted by atomic mass is 9.82. The molecule has 0 spiro atoms. The van der Waals surface area contributed by atoms with E-state index in [4.69, 9.17) is 0 Å². The first-order valence-electron chi connectivity index (χ1n) is 6.08. The first kappa shape index (κ1) is 13.8. The predicted octanol–water partition coefficient (Wildman–Crippen LogP) is 1.94. The third kappa shape index (κ3) is 4.74. The van der Waals surface area contributed by atoms with Crippen LogP contribution in [-0.2, 0) is 4.79 Å². The summed E-state index contributed by atoms with van der Waals surface area (Å²) < 4.78 is 0. The Morgan fingerprint density at radius 1 is 1.44 bits per heavy atom. The highest BCUT2D eigenvalue weighted by Crippen LogP contribution is 2.30. The lowest BCUT2D eigenvalue weighted by Crippen LogP contribution is -2.39. The molecule has 16 heavy (non-hydrogen) atoms. The molecule has 94 valence electrons. The summed E-state index contributed by atoms with van der Waals surface area (Å²) in [6.45, 7) is 2.77. The summed E-state index contributed by atoms with van der Waals surface area (Å²) in [5.41, 5.74) is -0.731. The van der Waals surface area contributed by atoms with Gasteiger partial charge >= 0.3 is 0 Å². The summed E-state index contributed by atoms with van der Waals surface area (Å²) in [6, 6.07) is 0. The van der Waals surface area contributed by atoms with E-state index in [0.29, 0.717) is 11.8 Å². The van der Waals surface area contributed by atoms with E-state index in [-0.39, 0.29) is 12.3 Å². The Hall–Kier alpha value is -0.220. The normalized spacial score (nSPS) is 21.4.